The predicted octanol–water partition coefficient (Wildman–Crippen LogP) is 2.71. The molecule has 0 unspecified atom stereocenters. The molecule has 0 saturated heterocycles. The summed E-state index contributed by atoms with van der Waals surface area (Å²) in [5, 5.41) is 5.31. The van der Waals surface area contributed by atoms with Gasteiger partial charge in [-0.25, -0.2) is 9.59 Å². The second-order valence-electron chi connectivity index (χ2n) is 5.24. The summed E-state index contributed by atoms with van der Waals surface area (Å²) in [6, 6.07) is 13.6. The Labute approximate surface area is 152 Å². The van der Waals surface area contributed by atoms with Crippen LogP contribution >= 0.6 is 0 Å². The number of hydrogen-bond donors (Lipinski definition) is 2. The molecule has 7 nitrogen and oxygen atoms in total. The van der Waals surface area contributed by atoms with Crippen LogP contribution in [0, 0.1) is 0 Å². The van der Waals surface area contributed by atoms with Crippen LogP contribution in [0.25, 0.3) is 0 Å². The first-order chi connectivity index (χ1) is 12.6. The zero-order chi connectivity index (χ0) is 18.8. The number of ether oxygens (including phenoxy) is 3. The minimum atomic E-state index is -0.395. The minimum Gasteiger partial charge on any atom is -0.494 e. The second kappa shape index (κ2) is 9.93. The molecule has 0 spiro atoms. The largest absolute Gasteiger partial charge is 0.494 e. The van der Waals surface area contributed by atoms with Gasteiger partial charge in [-0.3, -0.25) is 0 Å². The van der Waals surface area contributed by atoms with Crippen LogP contribution in [0.5, 0.6) is 11.5 Å². The van der Waals surface area contributed by atoms with E-state index in [-0.39, 0.29) is 12.8 Å². The van der Waals surface area contributed by atoms with Crippen LogP contribution in [0.3, 0.4) is 0 Å². The Morgan fingerprint density at radius 2 is 1.50 bits per heavy atom. The Bertz CT molecular complexity index is 714. The third-order valence-electron chi connectivity index (χ3n) is 3.43. The molecule has 0 atom stereocenters. The van der Waals surface area contributed by atoms with Gasteiger partial charge in [-0.05, 0) is 48.9 Å². The predicted molar refractivity (Wildman–Crippen MR) is 96.3 cm³/mol. The molecule has 138 valence electrons. The second-order valence-corrected chi connectivity index (χ2v) is 5.24. The molecule has 7 heteroatoms. The highest BCUT2D eigenvalue weighted by atomic mass is 16.5. The zero-order valence-corrected chi connectivity index (χ0v) is 14.8. The quantitative estimate of drug-likeness (QED) is 0.560. The fourth-order valence-corrected chi connectivity index (χ4v) is 2.11. The average molecular weight is 358 g/mol. The molecule has 0 bridgehead atoms. The average Bonchev–Trinajstić information content (AvgIpc) is 2.68. The van der Waals surface area contributed by atoms with Crippen molar-refractivity contribution in [1.82, 2.24) is 10.6 Å². The SMILES string of the molecule is CCOc1ccc(OCNC(=O)NCc2ccc(C(=O)OC)cc2)cc1. The molecule has 0 aliphatic carbocycles. The number of methoxy groups -OCH3 is 1. The van der Waals surface area contributed by atoms with Crippen molar-refractivity contribution in [3.05, 3.63) is 59.7 Å². The Balaban J connectivity index is 1.69. The van der Waals surface area contributed by atoms with Gasteiger partial charge in [0.25, 0.3) is 0 Å². The van der Waals surface area contributed by atoms with E-state index in [1.807, 2.05) is 6.92 Å². The fraction of sp³-hybridized carbons (Fsp3) is 0.263. The van der Waals surface area contributed by atoms with Crippen molar-refractivity contribution in [2.24, 2.45) is 0 Å². The van der Waals surface area contributed by atoms with Gasteiger partial charge >= 0.3 is 12.0 Å². The lowest BCUT2D eigenvalue weighted by atomic mass is 10.1. The molecule has 0 aliphatic rings. The number of benzene rings is 2. The highest BCUT2D eigenvalue weighted by Gasteiger charge is 2.05. The van der Waals surface area contributed by atoms with E-state index < -0.39 is 5.97 Å². The number of carbonyl (C=O) groups is 2. The van der Waals surface area contributed by atoms with E-state index in [4.69, 9.17) is 9.47 Å². The highest BCUT2D eigenvalue weighted by molar-refractivity contribution is 5.89. The first kappa shape index (κ1) is 19.1. The van der Waals surface area contributed by atoms with Crippen molar-refractivity contribution < 1.29 is 23.8 Å². The van der Waals surface area contributed by atoms with E-state index in [1.54, 1.807) is 48.5 Å². The van der Waals surface area contributed by atoms with E-state index in [2.05, 4.69) is 15.4 Å². The summed E-state index contributed by atoms with van der Waals surface area (Å²) in [6.45, 7) is 2.89. The third-order valence-corrected chi connectivity index (χ3v) is 3.43. The van der Waals surface area contributed by atoms with E-state index in [0.717, 1.165) is 11.3 Å². The van der Waals surface area contributed by atoms with Crippen LogP contribution in [-0.4, -0.2) is 32.4 Å². The molecular weight excluding hydrogens is 336 g/mol. The maximum absolute atomic E-state index is 11.8. The lowest BCUT2D eigenvalue weighted by Gasteiger charge is -2.10. The molecule has 2 aromatic carbocycles. The normalized spacial score (nSPS) is 9.92. The number of rotatable bonds is 8. The lowest BCUT2D eigenvalue weighted by molar-refractivity contribution is 0.0600. The van der Waals surface area contributed by atoms with Gasteiger partial charge in [0.05, 0.1) is 19.3 Å². The van der Waals surface area contributed by atoms with E-state index in [0.29, 0.717) is 24.5 Å². The number of hydrogen-bond acceptors (Lipinski definition) is 5. The molecule has 2 amide bonds. The zero-order valence-electron chi connectivity index (χ0n) is 14.8. The molecule has 0 fully saturated rings. The Morgan fingerprint density at radius 3 is 2.08 bits per heavy atom. The number of urea groups is 1. The lowest BCUT2D eigenvalue weighted by Crippen LogP contribution is -2.37. The Morgan fingerprint density at radius 1 is 0.885 bits per heavy atom. The number of nitrogens with one attached hydrogen (secondary N) is 2. The molecular formula is C19H22N2O5. The Hall–Kier alpha value is -3.22. The van der Waals surface area contributed by atoms with Crippen molar-refractivity contribution in [2.75, 3.05) is 20.4 Å². The van der Waals surface area contributed by atoms with Crippen LogP contribution in [0.15, 0.2) is 48.5 Å². The van der Waals surface area contributed by atoms with Gasteiger partial charge in [0.1, 0.15) is 11.5 Å². The van der Waals surface area contributed by atoms with Gasteiger partial charge in [0, 0.05) is 6.54 Å². The van der Waals surface area contributed by atoms with Crippen molar-refractivity contribution in [3.8, 4) is 11.5 Å². The summed E-state index contributed by atoms with van der Waals surface area (Å²) in [6.07, 6.45) is 0. The molecule has 0 radical (unpaired) electrons. The first-order valence-electron chi connectivity index (χ1n) is 8.17. The maximum atomic E-state index is 11.8. The van der Waals surface area contributed by atoms with E-state index in [1.165, 1.54) is 7.11 Å². The molecule has 26 heavy (non-hydrogen) atoms. The van der Waals surface area contributed by atoms with Crippen LogP contribution in [0.4, 0.5) is 4.79 Å². The number of amides is 2. The molecule has 0 aliphatic heterocycles. The third kappa shape index (κ3) is 6.01. The summed E-state index contributed by atoms with van der Waals surface area (Å²) in [4.78, 5) is 23.1. The first-order valence-corrected chi connectivity index (χ1v) is 8.17. The van der Waals surface area contributed by atoms with Crippen molar-refractivity contribution >= 4 is 12.0 Å². The molecule has 2 rings (SSSR count). The van der Waals surface area contributed by atoms with Crippen molar-refractivity contribution in [2.45, 2.75) is 13.5 Å². The Kier molecular flexibility index (Phi) is 7.30. The van der Waals surface area contributed by atoms with E-state index >= 15 is 0 Å². The summed E-state index contributed by atoms with van der Waals surface area (Å²) >= 11 is 0. The summed E-state index contributed by atoms with van der Waals surface area (Å²) in [7, 11) is 1.33. The van der Waals surface area contributed by atoms with E-state index in [9.17, 15) is 9.59 Å². The standard InChI is InChI=1S/C19H22N2O5/c1-3-25-16-8-10-17(11-9-16)26-13-21-19(23)20-12-14-4-6-15(7-5-14)18(22)24-2/h4-11H,3,12-13H2,1-2H3,(H2,20,21,23). The van der Waals surface area contributed by atoms with Gasteiger partial charge in [-0.1, -0.05) is 12.1 Å². The molecule has 0 heterocycles. The van der Waals surface area contributed by atoms with Gasteiger partial charge < -0.3 is 24.8 Å². The molecule has 0 aromatic heterocycles. The van der Waals surface area contributed by atoms with Gasteiger partial charge in [-0.2, -0.15) is 0 Å². The smallest absolute Gasteiger partial charge is 0.337 e. The fourth-order valence-electron chi connectivity index (χ4n) is 2.11. The number of esters is 1. The van der Waals surface area contributed by atoms with Crippen LogP contribution < -0.4 is 20.1 Å². The molecule has 2 N–H and O–H groups in total. The van der Waals surface area contributed by atoms with Gasteiger partial charge in [0.2, 0.25) is 0 Å². The summed E-state index contributed by atoms with van der Waals surface area (Å²) in [5.41, 5.74) is 1.32. The van der Waals surface area contributed by atoms with Crippen LogP contribution in [-0.2, 0) is 11.3 Å². The minimum absolute atomic E-state index is 0.0428. The van der Waals surface area contributed by atoms with Crippen molar-refractivity contribution in [3.63, 3.8) is 0 Å². The molecule has 2 aromatic rings. The van der Waals surface area contributed by atoms with Gasteiger partial charge in [-0.15, -0.1) is 0 Å². The van der Waals surface area contributed by atoms with Crippen LogP contribution in [0.1, 0.15) is 22.8 Å². The molecule has 0 saturated carbocycles. The highest BCUT2D eigenvalue weighted by Crippen LogP contribution is 2.17. The van der Waals surface area contributed by atoms with Crippen molar-refractivity contribution in [1.29, 1.82) is 0 Å². The number of carbonyl (C=O) groups excluding carboxylic acids is 2. The van der Waals surface area contributed by atoms with Crippen LogP contribution in [0.2, 0.25) is 0 Å². The van der Waals surface area contributed by atoms with Gasteiger partial charge in [0.15, 0.2) is 6.73 Å². The maximum Gasteiger partial charge on any atom is 0.337 e. The topological polar surface area (TPSA) is 85.9 Å². The monoisotopic (exact) mass is 358 g/mol. The summed E-state index contributed by atoms with van der Waals surface area (Å²) < 4.78 is 15.4. The summed E-state index contributed by atoms with van der Waals surface area (Å²) in [5.74, 6) is 1.00.